The van der Waals surface area contributed by atoms with Gasteiger partial charge in [-0.05, 0) is 48.9 Å². The minimum Gasteiger partial charge on any atom is -1.00 e. The second-order valence-electron chi connectivity index (χ2n) is 8.18. The van der Waals surface area contributed by atoms with E-state index in [1.807, 2.05) is 30.3 Å². The Morgan fingerprint density at radius 3 is 2.36 bits per heavy atom. The highest BCUT2D eigenvalue weighted by molar-refractivity contribution is 6.33. The van der Waals surface area contributed by atoms with Crippen LogP contribution in [0.5, 0.6) is 0 Å². The van der Waals surface area contributed by atoms with Crippen molar-refractivity contribution < 1.29 is 25.9 Å². The Balaban J connectivity index is 0.00000259. The highest BCUT2D eigenvalue weighted by Gasteiger charge is 2.25. The Hall–Kier alpha value is -2.69. The molecular formula is C28H25BrClFN2. The Labute approximate surface area is 209 Å². The van der Waals surface area contributed by atoms with E-state index in [0.29, 0.717) is 6.54 Å². The molecule has 0 amide bonds. The molecule has 0 atom stereocenters. The first-order chi connectivity index (χ1) is 15.7. The van der Waals surface area contributed by atoms with Crippen LogP contribution >= 0.6 is 11.6 Å². The van der Waals surface area contributed by atoms with Gasteiger partial charge in [-0.2, -0.15) is 4.57 Å². The van der Waals surface area contributed by atoms with Crippen molar-refractivity contribution in [2.75, 3.05) is 0 Å². The molecule has 2 heterocycles. The van der Waals surface area contributed by atoms with Gasteiger partial charge in [0.1, 0.15) is 11.3 Å². The molecule has 0 N–H and O–H groups in total. The van der Waals surface area contributed by atoms with Gasteiger partial charge in [-0.3, -0.25) is 0 Å². The van der Waals surface area contributed by atoms with Crippen molar-refractivity contribution in [2.45, 2.75) is 32.9 Å². The maximum atomic E-state index is 13.5. The lowest BCUT2D eigenvalue weighted by Gasteiger charge is -2.12. The van der Waals surface area contributed by atoms with E-state index in [2.05, 4.69) is 58.7 Å². The lowest BCUT2D eigenvalue weighted by molar-refractivity contribution is -0.676. The summed E-state index contributed by atoms with van der Waals surface area (Å²) in [6.07, 6.45) is 4.35. The van der Waals surface area contributed by atoms with Gasteiger partial charge in [0.25, 0.3) is 0 Å². The first-order valence-electron chi connectivity index (χ1n) is 11.1. The van der Waals surface area contributed by atoms with E-state index in [-0.39, 0.29) is 22.8 Å². The van der Waals surface area contributed by atoms with Crippen LogP contribution in [0.15, 0.2) is 85.1 Å². The van der Waals surface area contributed by atoms with Crippen LogP contribution < -0.4 is 21.5 Å². The first kappa shape index (κ1) is 23.5. The van der Waals surface area contributed by atoms with Gasteiger partial charge in [-0.1, -0.05) is 55.3 Å². The number of rotatable bonds is 6. The smallest absolute Gasteiger partial charge is 0.238 e. The number of aryl methyl sites for hydroxylation is 1. The van der Waals surface area contributed by atoms with E-state index >= 15 is 0 Å². The fourth-order valence-electron chi connectivity index (χ4n) is 4.53. The number of benzene rings is 3. The van der Waals surface area contributed by atoms with Crippen molar-refractivity contribution in [2.24, 2.45) is 0 Å². The van der Waals surface area contributed by atoms with Gasteiger partial charge in [0.2, 0.25) is 5.69 Å². The Bertz CT molecular complexity index is 1410. The molecule has 0 spiro atoms. The molecule has 168 valence electrons. The zero-order chi connectivity index (χ0) is 22.1. The van der Waals surface area contributed by atoms with Crippen LogP contribution in [0.1, 0.15) is 25.3 Å². The van der Waals surface area contributed by atoms with Crippen molar-refractivity contribution in [1.29, 1.82) is 0 Å². The standard InChI is InChI=1S/C28H25ClFN2.BrH/c1-2-3-17-32-26-11-7-5-8-22(26)23-16-18-31(19-20-12-14-21(30)15-13-20)27(28(23)32)24-9-4-6-10-25(24)29;/h4-16,18H,2-3,17,19H2,1H3;1H/q+1;/p-1. The summed E-state index contributed by atoms with van der Waals surface area (Å²) in [7, 11) is 0. The van der Waals surface area contributed by atoms with Gasteiger partial charge in [0, 0.05) is 34.5 Å². The summed E-state index contributed by atoms with van der Waals surface area (Å²) < 4.78 is 18.2. The molecule has 2 nitrogen and oxygen atoms in total. The van der Waals surface area contributed by atoms with Crippen LogP contribution in [0.4, 0.5) is 4.39 Å². The minimum absolute atomic E-state index is 0. The minimum atomic E-state index is -0.222. The van der Waals surface area contributed by atoms with Crippen molar-refractivity contribution in [1.82, 2.24) is 4.57 Å². The number of para-hydroxylation sites is 1. The molecule has 0 fully saturated rings. The Morgan fingerprint density at radius 1 is 0.879 bits per heavy atom. The SMILES string of the molecule is CCCCn1c2ccccc2c2cc[n+](Cc3ccc(F)cc3)c(-c3ccccc3Cl)c21.[Br-]. The van der Waals surface area contributed by atoms with E-state index in [9.17, 15) is 4.39 Å². The average molecular weight is 524 g/mol. The van der Waals surface area contributed by atoms with Crippen LogP contribution in [-0.2, 0) is 13.1 Å². The number of pyridine rings is 1. The molecule has 33 heavy (non-hydrogen) atoms. The summed E-state index contributed by atoms with van der Waals surface area (Å²) in [6.45, 7) is 3.79. The average Bonchev–Trinajstić information content (AvgIpc) is 3.13. The third kappa shape index (κ3) is 4.42. The largest absolute Gasteiger partial charge is 1.00 e. The topological polar surface area (TPSA) is 8.81 Å². The van der Waals surface area contributed by atoms with Crippen LogP contribution in [0.25, 0.3) is 33.1 Å². The number of unbranched alkanes of at least 4 members (excludes halogenated alkanes) is 1. The van der Waals surface area contributed by atoms with E-state index in [0.717, 1.165) is 41.2 Å². The van der Waals surface area contributed by atoms with E-state index in [1.54, 1.807) is 0 Å². The molecular weight excluding hydrogens is 499 g/mol. The molecule has 2 aromatic heterocycles. The van der Waals surface area contributed by atoms with Gasteiger partial charge in [-0.15, -0.1) is 0 Å². The van der Waals surface area contributed by atoms with Crippen molar-refractivity contribution in [3.63, 3.8) is 0 Å². The number of aromatic nitrogens is 2. The van der Waals surface area contributed by atoms with Crippen LogP contribution in [0, 0.1) is 5.82 Å². The molecule has 3 aromatic carbocycles. The molecule has 0 radical (unpaired) electrons. The predicted molar refractivity (Wildman–Crippen MR) is 130 cm³/mol. The van der Waals surface area contributed by atoms with Gasteiger partial charge in [0.05, 0.1) is 10.6 Å². The number of hydrogen-bond acceptors (Lipinski definition) is 0. The van der Waals surface area contributed by atoms with E-state index in [4.69, 9.17) is 11.6 Å². The van der Waals surface area contributed by atoms with Crippen LogP contribution in [-0.4, -0.2) is 4.57 Å². The zero-order valence-corrected chi connectivity index (χ0v) is 20.8. The van der Waals surface area contributed by atoms with E-state index < -0.39 is 0 Å². The predicted octanol–water partition coefficient (Wildman–Crippen LogP) is 4.39. The highest BCUT2D eigenvalue weighted by atomic mass is 79.9. The van der Waals surface area contributed by atoms with Gasteiger partial charge >= 0.3 is 0 Å². The first-order valence-corrected chi connectivity index (χ1v) is 11.5. The summed E-state index contributed by atoms with van der Waals surface area (Å²) in [5, 5.41) is 3.20. The molecule has 0 bridgehead atoms. The maximum absolute atomic E-state index is 13.5. The van der Waals surface area contributed by atoms with Gasteiger partial charge in [0.15, 0.2) is 12.7 Å². The fourth-order valence-corrected chi connectivity index (χ4v) is 4.76. The molecule has 5 heteroatoms. The van der Waals surface area contributed by atoms with Gasteiger partial charge in [-0.25, -0.2) is 4.39 Å². The van der Waals surface area contributed by atoms with E-state index in [1.165, 1.54) is 33.9 Å². The molecule has 0 aliphatic carbocycles. The van der Waals surface area contributed by atoms with Crippen molar-refractivity contribution in [3.05, 3.63) is 101 Å². The molecule has 5 aromatic rings. The lowest BCUT2D eigenvalue weighted by Crippen LogP contribution is -3.00. The zero-order valence-electron chi connectivity index (χ0n) is 18.4. The molecule has 0 aliphatic heterocycles. The summed E-state index contributed by atoms with van der Waals surface area (Å²) in [6, 6.07) is 25.5. The van der Waals surface area contributed by atoms with Crippen LogP contribution in [0.2, 0.25) is 5.02 Å². The number of fused-ring (bicyclic) bond motifs is 3. The monoisotopic (exact) mass is 522 g/mol. The third-order valence-electron chi connectivity index (χ3n) is 6.07. The Morgan fingerprint density at radius 2 is 1.61 bits per heavy atom. The van der Waals surface area contributed by atoms with Crippen molar-refractivity contribution >= 4 is 33.4 Å². The normalized spacial score (nSPS) is 11.1. The van der Waals surface area contributed by atoms with Crippen LogP contribution in [0.3, 0.4) is 0 Å². The van der Waals surface area contributed by atoms with Gasteiger partial charge < -0.3 is 21.5 Å². The second kappa shape index (κ2) is 10.1. The molecule has 0 unspecified atom stereocenters. The Kier molecular flexibility index (Phi) is 7.16. The number of nitrogens with zero attached hydrogens (tertiary/aromatic N) is 2. The molecule has 0 saturated heterocycles. The molecule has 5 rings (SSSR count). The summed E-state index contributed by atoms with van der Waals surface area (Å²) >= 11 is 6.74. The third-order valence-corrected chi connectivity index (χ3v) is 6.40. The second-order valence-corrected chi connectivity index (χ2v) is 8.59. The van der Waals surface area contributed by atoms with Crippen molar-refractivity contribution in [3.8, 4) is 11.3 Å². The summed E-state index contributed by atoms with van der Waals surface area (Å²) in [4.78, 5) is 0. The summed E-state index contributed by atoms with van der Waals surface area (Å²) in [5.41, 5.74) is 5.56. The lowest BCUT2D eigenvalue weighted by atomic mass is 10.1. The number of hydrogen-bond donors (Lipinski definition) is 0. The fraction of sp³-hybridized carbons (Fsp3) is 0.179. The number of halogens is 3. The highest BCUT2D eigenvalue weighted by Crippen LogP contribution is 2.36. The molecule has 0 aliphatic rings. The molecule has 0 saturated carbocycles. The maximum Gasteiger partial charge on any atom is 0.238 e. The quantitative estimate of drug-likeness (QED) is 0.292. The summed E-state index contributed by atoms with van der Waals surface area (Å²) in [5.74, 6) is -0.222.